The molecule has 0 heterocycles. The molecule has 0 unspecified atom stereocenters. The standard InChI is InChI=1S/C25H43IOSi/c1-7-11-17-24(21-26)23-18-14-16-22(20-23)15-12-13-19-25(5,6)27-28(8-2,9-3)10-4/h14,16,18,20-21H,7-13,15,17,19H2,1-6H3/b24-21+. The number of halogens is 1. The van der Waals surface area contributed by atoms with Gasteiger partial charge in [0.05, 0.1) is 5.60 Å². The fourth-order valence-corrected chi connectivity index (χ4v) is 7.92. The summed E-state index contributed by atoms with van der Waals surface area (Å²) >= 11 is 2.39. The molecule has 1 rings (SSSR count). The van der Waals surface area contributed by atoms with Crippen molar-refractivity contribution in [2.75, 3.05) is 0 Å². The van der Waals surface area contributed by atoms with Crippen molar-refractivity contribution in [2.24, 2.45) is 0 Å². The van der Waals surface area contributed by atoms with E-state index in [4.69, 9.17) is 4.43 Å². The van der Waals surface area contributed by atoms with E-state index < -0.39 is 8.32 Å². The molecular weight excluding hydrogens is 471 g/mol. The normalized spacial score (nSPS) is 13.2. The molecule has 1 aromatic carbocycles. The van der Waals surface area contributed by atoms with Crippen LogP contribution in [0, 0.1) is 0 Å². The highest BCUT2D eigenvalue weighted by molar-refractivity contribution is 14.1. The van der Waals surface area contributed by atoms with E-state index in [9.17, 15) is 0 Å². The van der Waals surface area contributed by atoms with Crippen molar-refractivity contribution in [1.29, 1.82) is 0 Å². The fourth-order valence-electron chi connectivity index (χ4n) is 4.04. The first-order valence-electron chi connectivity index (χ1n) is 11.4. The zero-order chi connectivity index (χ0) is 21.0. The van der Waals surface area contributed by atoms with Crippen LogP contribution in [-0.4, -0.2) is 13.9 Å². The topological polar surface area (TPSA) is 9.23 Å². The summed E-state index contributed by atoms with van der Waals surface area (Å²) < 4.78 is 9.02. The van der Waals surface area contributed by atoms with E-state index in [0.29, 0.717) is 0 Å². The predicted molar refractivity (Wildman–Crippen MR) is 138 cm³/mol. The van der Waals surface area contributed by atoms with Crippen LogP contribution in [-0.2, 0) is 10.8 Å². The maximum absolute atomic E-state index is 6.76. The summed E-state index contributed by atoms with van der Waals surface area (Å²) in [6.45, 7) is 13.8. The van der Waals surface area contributed by atoms with E-state index >= 15 is 0 Å². The summed E-state index contributed by atoms with van der Waals surface area (Å²) in [6, 6.07) is 12.9. The number of unbranched alkanes of at least 4 members (excludes halogenated alkanes) is 2. The van der Waals surface area contributed by atoms with Gasteiger partial charge >= 0.3 is 0 Å². The van der Waals surface area contributed by atoms with E-state index in [1.165, 1.54) is 73.4 Å². The second-order valence-electron chi connectivity index (χ2n) is 8.75. The highest BCUT2D eigenvalue weighted by atomic mass is 127. The van der Waals surface area contributed by atoms with Crippen LogP contribution in [0.5, 0.6) is 0 Å². The molecule has 0 saturated carbocycles. The van der Waals surface area contributed by atoms with Gasteiger partial charge in [0.15, 0.2) is 8.32 Å². The minimum absolute atomic E-state index is 0.0212. The first kappa shape index (κ1) is 25.9. The molecule has 0 aromatic heterocycles. The van der Waals surface area contributed by atoms with Gasteiger partial charge in [-0.1, -0.05) is 87.4 Å². The average Bonchev–Trinajstić information content (AvgIpc) is 2.70. The average molecular weight is 515 g/mol. The molecule has 0 amide bonds. The number of hydrogen-bond donors (Lipinski definition) is 0. The maximum atomic E-state index is 6.76. The number of aryl methyl sites for hydroxylation is 1. The predicted octanol–water partition coefficient (Wildman–Crippen LogP) is 9.17. The van der Waals surface area contributed by atoms with Crippen molar-refractivity contribution in [1.82, 2.24) is 0 Å². The lowest BCUT2D eigenvalue weighted by Crippen LogP contribution is -2.44. The van der Waals surface area contributed by atoms with Gasteiger partial charge in [0.25, 0.3) is 0 Å². The third kappa shape index (κ3) is 8.70. The van der Waals surface area contributed by atoms with Crippen molar-refractivity contribution in [3.8, 4) is 0 Å². The summed E-state index contributed by atoms with van der Waals surface area (Å²) in [5, 5.41) is 0. The number of rotatable bonds is 14. The monoisotopic (exact) mass is 514 g/mol. The van der Waals surface area contributed by atoms with Crippen LogP contribution in [0.15, 0.2) is 28.3 Å². The Morgan fingerprint density at radius 3 is 2.29 bits per heavy atom. The van der Waals surface area contributed by atoms with Crippen LogP contribution in [0.2, 0.25) is 18.1 Å². The minimum atomic E-state index is -1.52. The van der Waals surface area contributed by atoms with E-state index in [1.54, 1.807) is 0 Å². The Morgan fingerprint density at radius 1 is 1.04 bits per heavy atom. The number of benzene rings is 1. The van der Waals surface area contributed by atoms with Gasteiger partial charge in [-0.05, 0) is 84.9 Å². The van der Waals surface area contributed by atoms with Crippen LogP contribution in [0.4, 0.5) is 0 Å². The first-order chi connectivity index (χ1) is 13.3. The van der Waals surface area contributed by atoms with Crippen LogP contribution >= 0.6 is 22.6 Å². The number of hydrogen-bond acceptors (Lipinski definition) is 1. The molecule has 3 heteroatoms. The van der Waals surface area contributed by atoms with E-state index in [-0.39, 0.29) is 5.60 Å². The Balaban J connectivity index is 2.56. The molecule has 0 spiro atoms. The summed E-state index contributed by atoms with van der Waals surface area (Å²) in [5.41, 5.74) is 4.39. The van der Waals surface area contributed by atoms with Crippen LogP contribution in [0.3, 0.4) is 0 Å². The Labute approximate surface area is 190 Å². The van der Waals surface area contributed by atoms with E-state index in [2.05, 4.69) is 92.5 Å². The lowest BCUT2D eigenvalue weighted by atomic mass is 9.96. The molecule has 0 aliphatic heterocycles. The molecule has 0 radical (unpaired) electrons. The van der Waals surface area contributed by atoms with Gasteiger partial charge in [0.1, 0.15) is 0 Å². The molecule has 160 valence electrons. The highest BCUT2D eigenvalue weighted by Gasteiger charge is 2.35. The van der Waals surface area contributed by atoms with Crippen LogP contribution in [0.1, 0.15) is 91.2 Å². The summed E-state index contributed by atoms with van der Waals surface area (Å²) in [6.07, 6.45) is 8.53. The van der Waals surface area contributed by atoms with Crippen LogP contribution < -0.4 is 0 Å². The molecule has 0 fully saturated rings. The molecular formula is C25H43IOSi. The molecule has 1 nitrogen and oxygen atoms in total. The van der Waals surface area contributed by atoms with Gasteiger partial charge < -0.3 is 4.43 Å². The SMILES string of the molecule is CCCC/C(=C\I)c1cccc(CCCCC(C)(C)O[Si](CC)(CC)CC)c1. The molecule has 1 aromatic rings. The quantitative estimate of drug-likeness (QED) is 0.137. The van der Waals surface area contributed by atoms with Crippen molar-refractivity contribution in [2.45, 2.75) is 110 Å². The Hall–Kier alpha value is -0.133. The van der Waals surface area contributed by atoms with E-state index in [0.717, 1.165) is 6.42 Å². The molecule has 28 heavy (non-hydrogen) atoms. The van der Waals surface area contributed by atoms with E-state index in [1.807, 2.05) is 0 Å². The Kier molecular flexibility index (Phi) is 12.2. The summed E-state index contributed by atoms with van der Waals surface area (Å²) in [4.78, 5) is 0. The Bertz CT molecular complexity index is 582. The minimum Gasteiger partial charge on any atom is -0.412 e. The lowest BCUT2D eigenvalue weighted by Gasteiger charge is -2.38. The molecule has 0 atom stereocenters. The van der Waals surface area contributed by atoms with Gasteiger partial charge in [0.2, 0.25) is 0 Å². The zero-order valence-corrected chi connectivity index (χ0v) is 22.4. The summed E-state index contributed by atoms with van der Waals surface area (Å²) in [5.74, 6) is 0. The molecule has 0 aliphatic carbocycles. The Morgan fingerprint density at radius 2 is 1.71 bits per heavy atom. The molecule has 0 N–H and O–H groups in total. The van der Waals surface area contributed by atoms with Gasteiger partial charge in [-0.15, -0.1) is 0 Å². The van der Waals surface area contributed by atoms with Crippen molar-refractivity contribution >= 4 is 36.5 Å². The molecule has 0 saturated heterocycles. The van der Waals surface area contributed by atoms with Gasteiger partial charge in [0, 0.05) is 0 Å². The second kappa shape index (κ2) is 13.2. The largest absolute Gasteiger partial charge is 0.412 e. The fraction of sp³-hybridized carbons (Fsp3) is 0.680. The third-order valence-electron chi connectivity index (χ3n) is 6.15. The lowest BCUT2D eigenvalue weighted by molar-refractivity contribution is 0.0829. The maximum Gasteiger partial charge on any atom is 0.192 e. The van der Waals surface area contributed by atoms with Crippen molar-refractivity contribution in [3.05, 3.63) is 39.5 Å². The first-order valence-corrected chi connectivity index (χ1v) is 15.2. The van der Waals surface area contributed by atoms with Crippen LogP contribution in [0.25, 0.3) is 5.57 Å². The van der Waals surface area contributed by atoms with Gasteiger partial charge in [-0.2, -0.15) is 0 Å². The van der Waals surface area contributed by atoms with Crippen molar-refractivity contribution in [3.63, 3.8) is 0 Å². The second-order valence-corrected chi connectivity index (χ2v) is 14.1. The van der Waals surface area contributed by atoms with Gasteiger partial charge in [-0.25, -0.2) is 0 Å². The summed E-state index contributed by atoms with van der Waals surface area (Å²) in [7, 11) is -1.52. The zero-order valence-electron chi connectivity index (χ0n) is 19.2. The highest BCUT2D eigenvalue weighted by Crippen LogP contribution is 2.31. The third-order valence-corrected chi connectivity index (χ3v) is 11.8. The van der Waals surface area contributed by atoms with Gasteiger partial charge in [-0.3, -0.25) is 0 Å². The molecule has 0 aliphatic rings. The number of allylic oxidation sites excluding steroid dienone is 1. The van der Waals surface area contributed by atoms with Crippen molar-refractivity contribution < 1.29 is 4.43 Å². The smallest absolute Gasteiger partial charge is 0.192 e. The molecule has 0 bridgehead atoms.